The lowest BCUT2D eigenvalue weighted by atomic mass is 9.99. The Morgan fingerprint density at radius 1 is 0.571 bits per heavy atom. The van der Waals surface area contributed by atoms with Crippen LogP contribution in [0.5, 0.6) is 0 Å². The Morgan fingerprint density at radius 2 is 0.857 bits per heavy atom. The fourth-order valence-electron chi connectivity index (χ4n) is 2.81. The predicted octanol–water partition coefficient (Wildman–Crippen LogP) is 2.93. The van der Waals surface area contributed by atoms with E-state index < -0.39 is 12.2 Å². The number of hydrogen-bond acceptors (Lipinski definition) is 4. The molecule has 0 radical (unpaired) electrons. The van der Waals surface area contributed by atoms with Crippen molar-refractivity contribution in [2.45, 2.75) is 95.7 Å². The zero-order chi connectivity index (χ0) is 15.5. The minimum atomic E-state index is -1.02. The van der Waals surface area contributed by atoms with Crippen LogP contribution in [0.2, 0.25) is 0 Å². The lowest BCUT2D eigenvalue weighted by Crippen LogP contribution is -2.26. The highest BCUT2D eigenvalue weighted by Gasteiger charge is 2.20. The molecule has 0 heterocycles. The molecule has 21 heavy (non-hydrogen) atoms. The minimum Gasteiger partial charge on any atom is -0.385 e. The number of ketones is 2. The van der Waals surface area contributed by atoms with Crippen molar-refractivity contribution in [1.82, 2.24) is 0 Å². The van der Waals surface area contributed by atoms with Gasteiger partial charge in [0.25, 0.3) is 0 Å². The van der Waals surface area contributed by atoms with Crippen LogP contribution in [0.1, 0.15) is 83.5 Å². The third-order valence-electron chi connectivity index (χ3n) is 4.30. The number of carbonyl (C=O) groups is 2. The Balaban J connectivity index is 2.42. The predicted molar refractivity (Wildman–Crippen MR) is 82.0 cm³/mol. The summed E-state index contributed by atoms with van der Waals surface area (Å²) in [6.45, 7) is 0. The van der Waals surface area contributed by atoms with E-state index in [1.54, 1.807) is 0 Å². The molecule has 4 heteroatoms. The van der Waals surface area contributed by atoms with Crippen LogP contribution in [-0.4, -0.2) is 34.0 Å². The molecule has 0 aromatic carbocycles. The van der Waals surface area contributed by atoms with E-state index in [2.05, 4.69) is 0 Å². The van der Waals surface area contributed by atoms with Gasteiger partial charge in [-0.15, -0.1) is 0 Å². The maximum atomic E-state index is 11.7. The summed E-state index contributed by atoms with van der Waals surface area (Å²) in [6.07, 6.45) is 8.81. The van der Waals surface area contributed by atoms with Crippen LogP contribution < -0.4 is 0 Å². The van der Waals surface area contributed by atoms with Gasteiger partial charge in [-0.1, -0.05) is 44.9 Å². The zero-order valence-electron chi connectivity index (χ0n) is 13.1. The number of hydrogen-bond donors (Lipinski definition) is 2. The summed E-state index contributed by atoms with van der Waals surface area (Å²) >= 11 is 0. The quantitative estimate of drug-likeness (QED) is 0.721. The van der Waals surface area contributed by atoms with E-state index in [0.29, 0.717) is 12.8 Å². The Hall–Kier alpha value is -0.740. The maximum Gasteiger partial charge on any atom is 0.161 e. The number of aliphatic hydroxyl groups excluding tert-OH is 2. The molecular weight excluding hydrogens is 268 g/mol. The van der Waals surface area contributed by atoms with Crippen molar-refractivity contribution in [3.05, 3.63) is 0 Å². The Kier molecular flexibility index (Phi) is 9.51. The largest absolute Gasteiger partial charge is 0.385 e. The molecule has 1 rings (SSSR count). The smallest absolute Gasteiger partial charge is 0.161 e. The molecule has 0 aromatic rings. The minimum absolute atomic E-state index is 0.154. The first-order valence-corrected chi connectivity index (χ1v) is 8.53. The van der Waals surface area contributed by atoms with Crippen LogP contribution in [0, 0.1) is 0 Å². The second-order valence-electron chi connectivity index (χ2n) is 6.22. The molecule has 0 bridgehead atoms. The monoisotopic (exact) mass is 298 g/mol. The first-order valence-electron chi connectivity index (χ1n) is 8.53. The molecule has 4 nitrogen and oxygen atoms in total. The van der Waals surface area contributed by atoms with Gasteiger partial charge in [0.05, 0.1) is 0 Å². The highest BCUT2D eigenvalue weighted by Crippen LogP contribution is 2.15. The van der Waals surface area contributed by atoms with Crippen molar-refractivity contribution in [3.63, 3.8) is 0 Å². The summed E-state index contributed by atoms with van der Waals surface area (Å²) in [4.78, 5) is 23.5. The van der Waals surface area contributed by atoms with Crippen molar-refractivity contribution < 1.29 is 19.8 Å². The molecule has 1 fully saturated rings. The van der Waals surface area contributed by atoms with E-state index in [1.807, 2.05) is 0 Å². The topological polar surface area (TPSA) is 74.6 Å². The molecule has 0 spiro atoms. The maximum absolute atomic E-state index is 11.7. The van der Waals surface area contributed by atoms with Crippen LogP contribution in [0.4, 0.5) is 0 Å². The van der Waals surface area contributed by atoms with E-state index in [4.69, 9.17) is 0 Å². The average Bonchev–Trinajstić information content (AvgIpc) is 2.48. The summed E-state index contributed by atoms with van der Waals surface area (Å²) in [5.41, 5.74) is 0. The molecule has 0 aliphatic heterocycles. The standard InChI is InChI=1S/C17H30O4/c18-14-10-8-6-4-2-1-3-5-7-9-11-15(19)17(21)13-12-16(14)20/h16-17,20-21H,1-13H2. The number of Topliss-reactive ketones (excluding diaryl/α,β-unsaturated/α-hetero) is 2. The van der Waals surface area contributed by atoms with Crippen LogP contribution in [0.3, 0.4) is 0 Å². The average molecular weight is 298 g/mol. The molecule has 0 amide bonds. The first-order chi connectivity index (χ1) is 10.1. The first kappa shape index (κ1) is 18.3. The van der Waals surface area contributed by atoms with E-state index >= 15 is 0 Å². The summed E-state index contributed by atoms with van der Waals surface area (Å²) in [5, 5.41) is 19.5. The van der Waals surface area contributed by atoms with Gasteiger partial charge in [-0.25, -0.2) is 0 Å². The van der Waals surface area contributed by atoms with Crippen LogP contribution in [-0.2, 0) is 9.59 Å². The van der Waals surface area contributed by atoms with Crippen LogP contribution in [0.25, 0.3) is 0 Å². The number of rotatable bonds is 0. The Bertz CT molecular complexity index is 284. The molecule has 1 aliphatic rings. The van der Waals surface area contributed by atoms with E-state index in [-0.39, 0.29) is 24.4 Å². The molecule has 122 valence electrons. The van der Waals surface area contributed by atoms with Gasteiger partial charge in [-0.3, -0.25) is 9.59 Å². The summed E-state index contributed by atoms with van der Waals surface area (Å²) in [7, 11) is 0. The molecular formula is C17H30O4. The fraction of sp³-hybridized carbons (Fsp3) is 0.882. The normalized spacial score (nSPS) is 29.0. The van der Waals surface area contributed by atoms with E-state index in [1.165, 1.54) is 19.3 Å². The molecule has 1 aliphatic carbocycles. The van der Waals surface area contributed by atoms with Crippen molar-refractivity contribution in [3.8, 4) is 0 Å². The summed E-state index contributed by atoms with van der Waals surface area (Å²) < 4.78 is 0. The molecule has 1 saturated carbocycles. The van der Waals surface area contributed by atoms with Crippen LogP contribution in [0.15, 0.2) is 0 Å². The lowest BCUT2D eigenvalue weighted by Gasteiger charge is -2.13. The van der Waals surface area contributed by atoms with Crippen LogP contribution >= 0.6 is 0 Å². The van der Waals surface area contributed by atoms with Crippen molar-refractivity contribution in [1.29, 1.82) is 0 Å². The number of aliphatic hydroxyl groups is 2. The second-order valence-corrected chi connectivity index (χ2v) is 6.22. The second kappa shape index (κ2) is 10.9. The van der Waals surface area contributed by atoms with Crippen molar-refractivity contribution in [2.24, 2.45) is 0 Å². The van der Waals surface area contributed by atoms with Gasteiger partial charge in [-0.05, 0) is 25.7 Å². The van der Waals surface area contributed by atoms with Gasteiger partial charge >= 0.3 is 0 Å². The molecule has 0 saturated heterocycles. The third-order valence-corrected chi connectivity index (χ3v) is 4.30. The van der Waals surface area contributed by atoms with Gasteiger partial charge in [0, 0.05) is 12.8 Å². The van der Waals surface area contributed by atoms with Gasteiger partial charge in [-0.2, -0.15) is 0 Å². The van der Waals surface area contributed by atoms with Gasteiger partial charge in [0.2, 0.25) is 0 Å². The summed E-state index contributed by atoms with van der Waals surface area (Å²) in [6, 6.07) is 0. The highest BCUT2D eigenvalue weighted by molar-refractivity contribution is 5.84. The van der Waals surface area contributed by atoms with E-state index in [0.717, 1.165) is 38.5 Å². The lowest BCUT2D eigenvalue weighted by molar-refractivity contribution is -0.131. The molecule has 2 N–H and O–H groups in total. The van der Waals surface area contributed by atoms with Crippen molar-refractivity contribution >= 4 is 11.6 Å². The summed E-state index contributed by atoms with van der Waals surface area (Å²) in [5.74, 6) is -0.307. The molecule has 0 aromatic heterocycles. The number of carbonyl (C=O) groups excluding carboxylic acids is 2. The van der Waals surface area contributed by atoms with E-state index in [9.17, 15) is 19.8 Å². The van der Waals surface area contributed by atoms with Gasteiger partial charge in [0.1, 0.15) is 12.2 Å². The SMILES string of the molecule is O=C1CCCCCCCCCCCC(=O)C(O)CCC1O. The Morgan fingerprint density at radius 3 is 1.19 bits per heavy atom. The fourth-order valence-corrected chi connectivity index (χ4v) is 2.81. The Labute approximate surface area is 127 Å². The van der Waals surface area contributed by atoms with Gasteiger partial charge < -0.3 is 10.2 Å². The molecule has 2 atom stereocenters. The highest BCUT2D eigenvalue weighted by atomic mass is 16.3. The van der Waals surface area contributed by atoms with Gasteiger partial charge in [0.15, 0.2) is 11.6 Å². The van der Waals surface area contributed by atoms with Crippen molar-refractivity contribution in [2.75, 3.05) is 0 Å². The zero-order valence-corrected chi connectivity index (χ0v) is 13.1. The third kappa shape index (κ3) is 8.32. The molecule has 2 unspecified atom stereocenters.